The Morgan fingerprint density at radius 3 is 1.57 bits per heavy atom. The van der Waals surface area contributed by atoms with Gasteiger partial charge in [0.15, 0.2) is 0 Å². The molecular weight excluding hydrogens is 174 g/mol. The second-order valence-corrected chi connectivity index (χ2v) is 4.73. The van der Waals surface area contributed by atoms with E-state index in [4.69, 9.17) is 17.2 Å². The van der Waals surface area contributed by atoms with Crippen molar-refractivity contribution < 1.29 is 0 Å². The molecule has 3 nitrogen and oxygen atoms in total. The van der Waals surface area contributed by atoms with E-state index in [0.717, 1.165) is 11.1 Å². The predicted molar refractivity (Wildman–Crippen MR) is 59.4 cm³/mol. The fourth-order valence-corrected chi connectivity index (χ4v) is 1.51. The molecule has 78 valence electrons. The van der Waals surface area contributed by atoms with Crippen LogP contribution < -0.4 is 17.2 Å². The van der Waals surface area contributed by atoms with Crippen LogP contribution in [0.5, 0.6) is 0 Å². The lowest BCUT2D eigenvalue weighted by atomic mass is 9.82. The van der Waals surface area contributed by atoms with Gasteiger partial charge in [-0.2, -0.15) is 0 Å². The predicted octanol–water partition coefficient (Wildman–Crippen LogP) is 0.971. The lowest BCUT2D eigenvalue weighted by molar-refractivity contribution is 0.464. The van der Waals surface area contributed by atoms with Gasteiger partial charge in [-0.1, -0.05) is 45.0 Å². The maximum atomic E-state index is 5.71. The van der Waals surface area contributed by atoms with Crippen LogP contribution in [0.15, 0.2) is 24.3 Å². The summed E-state index contributed by atoms with van der Waals surface area (Å²) in [5.41, 5.74) is 19.0. The van der Waals surface area contributed by atoms with Gasteiger partial charge in [-0.3, -0.25) is 17.2 Å². The zero-order valence-electron chi connectivity index (χ0n) is 9.04. The molecule has 0 unspecified atom stereocenters. The van der Waals surface area contributed by atoms with Gasteiger partial charge in [0.25, 0.3) is 0 Å². The molecule has 0 saturated carbocycles. The summed E-state index contributed by atoms with van der Waals surface area (Å²) in [4.78, 5) is 0. The molecule has 0 aliphatic carbocycles. The van der Waals surface area contributed by atoms with Crippen LogP contribution >= 0.6 is 0 Å². The number of hydrogen-bond donors (Lipinski definition) is 3. The highest BCUT2D eigenvalue weighted by atomic mass is 15.1. The molecule has 0 bridgehead atoms. The smallest absolute Gasteiger partial charge is 0.143 e. The van der Waals surface area contributed by atoms with Gasteiger partial charge in [0.2, 0.25) is 0 Å². The zero-order valence-corrected chi connectivity index (χ0v) is 9.04. The summed E-state index contributed by atoms with van der Waals surface area (Å²) in [5, 5.41) is 0. The topological polar surface area (TPSA) is 78.1 Å². The van der Waals surface area contributed by atoms with Crippen molar-refractivity contribution in [2.24, 2.45) is 17.2 Å². The molecule has 0 amide bonds. The van der Waals surface area contributed by atoms with Crippen molar-refractivity contribution in [3.05, 3.63) is 35.4 Å². The van der Waals surface area contributed by atoms with Crippen molar-refractivity contribution in [1.82, 2.24) is 0 Å². The Hall–Kier alpha value is -0.900. The normalized spacial score (nSPS) is 13.0. The summed E-state index contributed by atoms with van der Waals surface area (Å²) in [5.74, 6) is -1.26. The van der Waals surface area contributed by atoms with Gasteiger partial charge in [-0.05, 0) is 11.0 Å². The molecule has 0 spiro atoms. The summed E-state index contributed by atoms with van der Waals surface area (Å²) in [6.07, 6.45) is 0. The van der Waals surface area contributed by atoms with E-state index in [1.165, 1.54) is 0 Å². The SMILES string of the molecule is CC(C)(C)c1ccccc1C(N)(N)N. The molecule has 0 aliphatic rings. The molecule has 3 heteroatoms. The highest BCUT2D eigenvalue weighted by molar-refractivity contribution is 5.36. The van der Waals surface area contributed by atoms with E-state index in [9.17, 15) is 0 Å². The first-order chi connectivity index (χ1) is 6.23. The fourth-order valence-electron chi connectivity index (χ4n) is 1.51. The van der Waals surface area contributed by atoms with Crippen LogP contribution in [0.4, 0.5) is 0 Å². The van der Waals surface area contributed by atoms with Gasteiger partial charge in [-0.25, -0.2) is 0 Å². The summed E-state index contributed by atoms with van der Waals surface area (Å²) in [6.45, 7) is 6.33. The molecule has 1 aromatic carbocycles. The first-order valence-corrected chi connectivity index (χ1v) is 4.69. The Morgan fingerprint density at radius 1 is 0.857 bits per heavy atom. The van der Waals surface area contributed by atoms with Crippen LogP contribution in [0.25, 0.3) is 0 Å². The third kappa shape index (κ3) is 2.32. The molecular formula is C11H19N3. The van der Waals surface area contributed by atoms with Crippen LogP contribution in [-0.4, -0.2) is 0 Å². The van der Waals surface area contributed by atoms with Crippen molar-refractivity contribution in [1.29, 1.82) is 0 Å². The second kappa shape index (κ2) is 3.35. The number of rotatable bonds is 1. The fraction of sp³-hybridized carbons (Fsp3) is 0.455. The Bertz CT molecular complexity index is 285. The van der Waals surface area contributed by atoms with Gasteiger partial charge in [0.05, 0.1) is 0 Å². The third-order valence-electron chi connectivity index (χ3n) is 2.20. The molecule has 0 atom stereocenters. The maximum absolute atomic E-state index is 5.71. The minimum Gasteiger partial charge on any atom is -0.297 e. The molecule has 14 heavy (non-hydrogen) atoms. The minimum absolute atomic E-state index is 0.0000463. The van der Waals surface area contributed by atoms with Crippen molar-refractivity contribution in [2.75, 3.05) is 0 Å². The molecule has 0 aliphatic heterocycles. The van der Waals surface area contributed by atoms with Crippen molar-refractivity contribution in [3.8, 4) is 0 Å². The van der Waals surface area contributed by atoms with E-state index in [2.05, 4.69) is 20.8 Å². The van der Waals surface area contributed by atoms with E-state index in [1.807, 2.05) is 24.3 Å². The maximum Gasteiger partial charge on any atom is 0.143 e. The summed E-state index contributed by atoms with van der Waals surface area (Å²) < 4.78 is 0. The molecule has 1 aromatic rings. The molecule has 0 saturated heterocycles. The molecule has 0 fully saturated rings. The average Bonchev–Trinajstić information content (AvgIpc) is 2.01. The highest BCUT2D eigenvalue weighted by Gasteiger charge is 2.25. The summed E-state index contributed by atoms with van der Waals surface area (Å²) >= 11 is 0. The van der Waals surface area contributed by atoms with Crippen LogP contribution in [0.1, 0.15) is 31.9 Å². The Balaban J connectivity index is 3.31. The van der Waals surface area contributed by atoms with Crippen LogP contribution in [0.3, 0.4) is 0 Å². The zero-order chi connectivity index (χ0) is 11.0. The summed E-state index contributed by atoms with van der Waals surface area (Å²) in [6, 6.07) is 7.75. The standard InChI is InChI=1S/C11H19N3/c1-10(2,3)8-6-4-5-7-9(8)11(12,13)14/h4-7H,12-14H2,1-3H3. The van der Waals surface area contributed by atoms with Crippen LogP contribution in [0.2, 0.25) is 0 Å². The third-order valence-corrected chi connectivity index (χ3v) is 2.20. The van der Waals surface area contributed by atoms with E-state index >= 15 is 0 Å². The first-order valence-electron chi connectivity index (χ1n) is 4.69. The Morgan fingerprint density at radius 2 is 1.29 bits per heavy atom. The molecule has 6 N–H and O–H groups in total. The molecule has 0 heterocycles. The number of nitrogens with two attached hydrogens (primary N) is 3. The van der Waals surface area contributed by atoms with Gasteiger partial charge in [0, 0.05) is 5.56 Å². The first kappa shape index (κ1) is 11.2. The number of hydrogen-bond acceptors (Lipinski definition) is 3. The Labute approximate surface area is 85.3 Å². The van der Waals surface area contributed by atoms with Crippen molar-refractivity contribution in [2.45, 2.75) is 32.0 Å². The van der Waals surface area contributed by atoms with Gasteiger partial charge in [0.1, 0.15) is 5.79 Å². The Kier molecular flexibility index (Phi) is 2.67. The van der Waals surface area contributed by atoms with Crippen molar-refractivity contribution in [3.63, 3.8) is 0 Å². The minimum atomic E-state index is -1.26. The van der Waals surface area contributed by atoms with Gasteiger partial charge >= 0.3 is 0 Å². The van der Waals surface area contributed by atoms with Crippen LogP contribution in [0, 0.1) is 0 Å². The van der Waals surface area contributed by atoms with Crippen molar-refractivity contribution >= 4 is 0 Å². The van der Waals surface area contributed by atoms with Gasteiger partial charge < -0.3 is 0 Å². The van der Waals surface area contributed by atoms with Gasteiger partial charge in [-0.15, -0.1) is 0 Å². The monoisotopic (exact) mass is 193 g/mol. The largest absolute Gasteiger partial charge is 0.297 e. The second-order valence-electron chi connectivity index (χ2n) is 4.73. The van der Waals surface area contributed by atoms with E-state index in [-0.39, 0.29) is 5.41 Å². The molecule has 0 aromatic heterocycles. The number of benzene rings is 1. The quantitative estimate of drug-likeness (QED) is 0.581. The van der Waals surface area contributed by atoms with E-state index in [1.54, 1.807) is 0 Å². The average molecular weight is 193 g/mol. The molecule has 0 radical (unpaired) electrons. The van der Waals surface area contributed by atoms with E-state index in [0.29, 0.717) is 0 Å². The van der Waals surface area contributed by atoms with Crippen LogP contribution in [-0.2, 0) is 11.2 Å². The summed E-state index contributed by atoms with van der Waals surface area (Å²) in [7, 11) is 0. The van der Waals surface area contributed by atoms with E-state index < -0.39 is 5.79 Å². The lowest BCUT2D eigenvalue weighted by Gasteiger charge is -2.29. The highest BCUT2D eigenvalue weighted by Crippen LogP contribution is 2.27. The lowest BCUT2D eigenvalue weighted by Crippen LogP contribution is -2.55. The molecule has 1 rings (SSSR count).